The van der Waals surface area contributed by atoms with Crippen LogP contribution in [0.5, 0.6) is 0 Å². The Balaban J connectivity index is 2.26. The summed E-state index contributed by atoms with van der Waals surface area (Å²) in [6, 6.07) is 2.35. The summed E-state index contributed by atoms with van der Waals surface area (Å²) in [6.45, 7) is 5.56. The zero-order chi connectivity index (χ0) is 14.6. The third-order valence-corrected chi connectivity index (χ3v) is 4.81. The van der Waals surface area contributed by atoms with Gasteiger partial charge in [-0.1, -0.05) is 13.8 Å². The molecule has 1 aromatic heterocycles. The van der Waals surface area contributed by atoms with E-state index in [2.05, 4.69) is 30.3 Å². The van der Waals surface area contributed by atoms with E-state index in [0.717, 1.165) is 31.7 Å². The molecule has 0 aliphatic heterocycles. The number of ether oxygens (including phenoxy) is 1. The first kappa shape index (κ1) is 15.5. The summed E-state index contributed by atoms with van der Waals surface area (Å²) in [7, 11) is 3.89. The Kier molecular flexibility index (Phi) is 5.22. The highest BCUT2D eigenvalue weighted by atomic mass is 16.5. The monoisotopic (exact) mass is 279 g/mol. The largest absolute Gasteiger partial charge is 0.376 e. The topological polar surface area (TPSA) is 39.1 Å². The highest BCUT2D eigenvalue weighted by Crippen LogP contribution is 2.42. The van der Waals surface area contributed by atoms with Crippen molar-refractivity contribution in [3.05, 3.63) is 18.0 Å². The van der Waals surface area contributed by atoms with Crippen molar-refractivity contribution in [2.75, 3.05) is 13.7 Å². The van der Waals surface area contributed by atoms with Gasteiger partial charge < -0.3 is 10.1 Å². The van der Waals surface area contributed by atoms with Crippen LogP contribution in [0, 0.1) is 5.92 Å². The first-order valence-electron chi connectivity index (χ1n) is 7.89. The van der Waals surface area contributed by atoms with Crippen LogP contribution in [0.4, 0.5) is 0 Å². The molecule has 1 heterocycles. The van der Waals surface area contributed by atoms with Gasteiger partial charge in [0, 0.05) is 20.4 Å². The Morgan fingerprint density at radius 2 is 2.20 bits per heavy atom. The van der Waals surface area contributed by atoms with Crippen LogP contribution in [0.1, 0.15) is 57.7 Å². The SMILES string of the molecule is CCCNC(c1ccnn1C)C1(OC)CCC(C)CC1. The van der Waals surface area contributed by atoms with Crippen molar-refractivity contribution in [3.63, 3.8) is 0 Å². The molecule has 0 amide bonds. The van der Waals surface area contributed by atoms with Gasteiger partial charge in [-0.2, -0.15) is 5.10 Å². The molecule has 0 spiro atoms. The van der Waals surface area contributed by atoms with Gasteiger partial charge >= 0.3 is 0 Å². The first-order chi connectivity index (χ1) is 9.63. The van der Waals surface area contributed by atoms with Gasteiger partial charge in [0.15, 0.2) is 0 Å². The second kappa shape index (κ2) is 6.72. The molecular formula is C16H29N3O. The standard InChI is InChI=1S/C16H29N3O/c1-5-11-17-15(14-8-12-18-19(14)3)16(20-4)9-6-13(2)7-10-16/h8,12-13,15,17H,5-7,9-11H2,1-4H3. The van der Waals surface area contributed by atoms with Crippen LogP contribution in [0.2, 0.25) is 0 Å². The number of hydrogen-bond acceptors (Lipinski definition) is 3. The molecule has 1 aromatic rings. The van der Waals surface area contributed by atoms with Gasteiger partial charge in [0.2, 0.25) is 0 Å². The van der Waals surface area contributed by atoms with E-state index in [4.69, 9.17) is 4.74 Å². The molecule has 1 N–H and O–H groups in total. The van der Waals surface area contributed by atoms with E-state index in [1.165, 1.54) is 18.5 Å². The molecule has 0 bridgehead atoms. The number of rotatable bonds is 6. The summed E-state index contributed by atoms with van der Waals surface area (Å²) < 4.78 is 8.04. The minimum atomic E-state index is -0.0878. The number of nitrogens with zero attached hydrogens (tertiary/aromatic N) is 2. The molecule has 1 unspecified atom stereocenters. The van der Waals surface area contributed by atoms with E-state index in [9.17, 15) is 0 Å². The molecule has 0 aromatic carbocycles. The van der Waals surface area contributed by atoms with Crippen molar-refractivity contribution in [3.8, 4) is 0 Å². The van der Waals surface area contributed by atoms with Gasteiger partial charge in [-0.25, -0.2) is 0 Å². The van der Waals surface area contributed by atoms with Crippen LogP contribution in [0.25, 0.3) is 0 Å². The van der Waals surface area contributed by atoms with E-state index in [1.807, 2.05) is 25.0 Å². The molecule has 0 saturated heterocycles. The highest BCUT2D eigenvalue weighted by molar-refractivity contribution is 5.14. The van der Waals surface area contributed by atoms with Crippen LogP contribution in [-0.4, -0.2) is 29.0 Å². The van der Waals surface area contributed by atoms with E-state index in [0.29, 0.717) is 0 Å². The van der Waals surface area contributed by atoms with Crippen LogP contribution >= 0.6 is 0 Å². The smallest absolute Gasteiger partial charge is 0.0887 e. The molecule has 1 aliphatic rings. The Morgan fingerprint density at radius 1 is 1.50 bits per heavy atom. The van der Waals surface area contributed by atoms with Crippen molar-refractivity contribution < 1.29 is 4.74 Å². The van der Waals surface area contributed by atoms with Crippen molar-refractivity contribution in [1.82, 2.24) is 15.1 Å². The lowest BCUT2D eigenvalue weighted by atomic mass is 9.74. The van der Waals surface area contributed by atoms with Gasteiger partial charge in [-0.3, -0.25) is 4.68 Å². The average Bonchev–Trinajstić information content (AvgIpc) is 2.88. The molecule has 0 radical (unpaired) electrons. The second-order valence-electron chi connectivity index (χ2n) is 6.22. The van der Waals surface area contributed by atoms with Crippen molar-refractivity contribution >= 4 is 0 Å². The van der Waals surface area contributed by atoms with E-state index < -0.39 is 0 Å². The fraction of sp³-hybridized carbons (Fsp3) is 0.812. The normalized spacial score (nSPS) is 28.5. The van der Waals surface area contributed by atoms with Crippen molar-refractivity contribution in [2.45, 2.75) is 57.6 Å². The summed E-state index contributed by atoms with van der Waals surface area (Å²) in [5, 5.41) is 8.05. The predicted octanol–water partition coefficient (Wildman–Crippen LogP) is 3.06. The summed E-state index contributed by atoms with van der Waals surface area (Å²) in [6.07, 6.45) is 7.75. The lowest BCUT2D eigenvalue weighted by Crippen LogP contribution is -2.48. The van der Waals surface area contributed by atoms with Gasteiger partial charge in [0.1, 0.15) is 0 Å². The zero-order valence-electron chi connectivity index (χ0n) is 13.4. The summed E-state index contributed by atoms with van der Waals surface area (Å²) >= 11 is 0. The van der Waals surface area contributed by atoms with Crippen LogP contribution in [0.3, 0.4) is 0 Å². The number of methoxy groups -OCH3 is 1. The molecule has 1 aliphatic carbocycles. The quantitative estimate of drug-likeness (QED) is 0.870. The fourth-order valence-electron chi connectivity index (χ4n) is 3.38. The molecule has 1 fully saturated rings. The molecular weight excluding hydrogens is 250 g/mol. The maximum atomic E-state index is 6.06. The molecule has 4 nitrogen and oxygen atoms in total. The third kappa shape index (κ3) is 3.07. The van der Waals surface area contributed by atoms with E-state index >= 15 is 0 Å². The van der Waals surface area contributed by atoms with Gasteiger partial charge in [-0.05, 0) is 50.6 Å². The number of nitrogens with one attached hydrogen (secondary N) is 1. The fourth-order valence-corrected chi connectivity index (χ4v) is 3.38. The summed E-state index contributed by atoms with van der Waals surface area (Å²) in [5.41, 5.74) is 1.14. The maximum Gasteiger partial charge on any atom is 0.0887 e. The Morgan fingerprint density at radius 3 is 2.70 bits per heavy atom. The summed E-state index contributed by atoms with van der Waals surface area (Å²) in [5.74, 6) is 0.816. The maximum absolute atomic E-state index is 6.06. The lowest BCUT2D eigenvalue weighted by molar-refractivity contribution is -0.0776. The van der Waals surface area contributed by atoms with Crippen molar-refractivity contribution in [1.29, 1.82) is 0 Å². The molecule has 2 rings (SSSR count). The Labute approximate surface area is 122 Å². The first-order valence-corrected chi connectivity index (χ1v) is 7.89. The molecule has 1 atom stereocenters. The predicted molar refractivity (Wildman–Crippen MR) is 81.6 cm³/mol. The number of aryl methyl sites for hydroxylation is 1. The average molecular weight is 279 g/mol. The number of hydrogen-bond donors (Lipinski definition) is 1. The van der Waals surface area contributed by atoms with Gasteiger partial charge in [0.05, 0.1) is 17.3 Å². The minimum Gasteiger partial charge on any atom is -0.376 e. The Bertz CT molecular complexity index is 408. The van der Waals surface area contributed by atoms with Gasteiger partial charge in [-0.15, -0.1) is 0 Å². The van der Waals surface area contributed by atoms with E-state index in [1.54, 1.807) is 0 Å². The van der Waals surface area contributed by atoms with Crippen LogP contribution in [-0.2, 0) is 11.8 Å². The highest BCUT2D eigenvalue weighted by Gasteiger charge is 2.43. The minimum absolute atomic E-state index is 0.0878. The van der Waals surface area contributed by atoms with E-state index in [-0.39, 0.29) is 11.6 Å². The molecule has 20 heavy (non-hydrogen) atoms. The summed E-state index contributed by atoms with van der Waals surface area (Å²) in [4.78, 5) is 0. The molecule has 4 heteroatoms. The van der Waals surface area contributed by atoms with Crippen LogP contribution < -0.4 is 5.32 Å². The molecule has 1 saturated carbocycles. The Hall–Kier alpha value is -0.870. The lowest BCUT2D eigenvalue weighted by Gasteiger charge is -2.44. The van der Waals surface area contributed by atoms with Crippen LogP contribution in [0.15, 0.2) is 12.3 Å². The van der Waals surface area contributed by atoms with Gasteiger partial charge in [0.25, 0.3) is 0 Å². The number of aromatic nitrogens is 2. The third-order valence-electron chi connectivity index (χ3n) is 4.81. The second-order valence-corrected chi connectivity index (χ2v) is 6.22. The zero-order valence-corrected chi connectivity index (χ0v) is 13.4. The van der Waals surface area contributed by atoms with Crippen molar-refractivity contribution in [2.24, 2.45) is 13.0 Å². The molecule has 114 valence electrons.